The Bertz CT molecular complexity index is 432. The number of carbonyl (C=O) groups excluding carboxylic acids is 1. The van der Waals surface area contributed by atoms with Crippen LogP contribution in [0.5, 0.6) is 0 Å². The Hall–Kier alpha value is -1.88. The third-order valence-electron chi connectivity index (χ3n) is 2.78. The van der Waals surface area contributed by atoms with Crippen LogP contribution in [0.25, 0.3) is 0 Å². The van der Waals surface area contributed by atoms with E-state index in [4.69, 9.17) is 5.11 Å². The van der Waals surface area contributed by atoms with Crippen molar-refractivity contribution in [1.29, 1.82) is 0 Å². The van der Waals surface area contributed by atoms with Gasteiger partial charge in [0.2, 0.25) is 5.91 Å². The van der Waals surface area contributed by atoms with Crippen LogP contribution in [0.2, 0.25) is 0 Å². The molecule has 0 aliphatic rings. The molecule has 0 aromatic heterocycles. The summed E-state index contributed by atoms with van der Waals surface area (Å²) < 4.78 is 0. The Morgan fingerprint density at radius 1 is 1.25 bits per heavy atom. The standard InChI is InChI=1S/C15H22N2O3/c1-12(2)16-10-6-9-14(18)17(11-15(19)20)13-7-4-3-5-8-13/h3-5,7-8,12,16H,6,9-11H2,1-2H3,(H,19,20). The largest absolute Gasteiger partial charge is 0.480 e. The summed E-state index contributed by atoms with van der Waals surface area (Å²) in [7, 11) is 0. The summed E-state index contributed by atoms with van der Waals surface area (Å²) >= 11 is 0. The monoisotopic (exact) mass is 278 g/mol. The fraction of sp³-hybridized carbons (Fsp3) is 0.467. The predicted octanol–water partition coefficient (Wildman–Crippen LogP) is 1.88. The summed E-state index contributed by atoms with van der Waals surface area (Å²) in [6, 6.07) is 9.28. The molecule has 110 valence electrons. The Kier molecular flexibility index (Phi) is 6.73. The van der Waals surface area contributed by atoms with Crippen LogP contribution in [-0.4, -0.2) is 36.1 Å². The number of amides is 1. The van der Waals surface area contributed by atoms with Crippen LogP contribution in [0.15, 0.2) is 30.3 Å². The highest BCUT2D eigenvalue weighted by Crippen LogP contribution is 2.14. The van der Waals surface area contributed by atoms with Crippen molar-refractivity contribution in [3.63, 3.8) is 0 Å². The van der Waals surface area contributed by atoms with Crippen LogP contribution in [0.3, 0.4) is 0 Å². The second-order valence-electron chi connectivity index (χ2n) is 4.92. The number of nitrogens with one attached hydrogen (secondary N) is 1. The fourth-order valence-corrected chi connectivity index (χ4v) is 1.83. The number of hydrogen-bond donors (Lipinski definition) is 2. The minimum atomic E-state index is -1.01. The molecule has 20 heavy (non-hydrogen) atoms. The van der Waals surface area contributed by atoms with Crippen LogP contribution in [-0.2, 0) is 9.59 Å². The number of carboxylic acids is 1. The molecule has 5 heteroatoms. The number of para-hydroxylation sites is 1. The average molecular weight is 278 g/mol. The molecule has 0 fully saturated rings. The van der Waals surface area contributed by atoms with Crippen molar-refractivity contribution in [2.24, 2.45) is 0 Å². The quantitative estimate of drug-likeness (QED) is 0.712. The Labute approximate surface area is 119 Å². The third kappa shape index (κ3) is 5.84. The maximum atomic E-state index is 12.2. The summed E-state index contributed by atoms with van der Waals surface area (Å²) in [5.41, 5.74) is 0.622. The van der Waals surface area contributed by atoms with E-state index in [1.165, 1.54) is 4.90 Å². The van der Waals surface area contributed by atoms with E-state index >= 15 is 0 Å². The molecule has 0 spiro atoms. The van der Waals surface area contributed by atoms with Gasteiger partial charge in [-0.3, -0.25) is 9.59 Å². The molecule has 0 atom stereocenters. The van der Waals surface area contributed by atoms with Gasteiger partial charge in [0, 0.05) is 18.2 Å². The Morgan fingerprint density at radius 2 is 1.90 bits per heavy atom. The van der Waals surface area contributed by atoms with E-state index in [9.17, 15) is 9.59 Å². The van der Waals surface area contributed by atoms with Gasteiger partial charge in [-0.1, -0.05) is 32.0 Å². The highest BCUT2D eigenvalue weighted by Gasteiger charge is 2.17. The average Bonchev–Trinajstić information content (AvgIpc) is 2.41. The maximum absolute atomic E-state index is 12.2. The molecule has 0 unspecified atom stereocenters. The number of rotatable bonds is 8. The van der Waals surface area contributed by atoms with Crippen molar-refractivity contribution in [3.05, 3.63) is 30.3 Å². The van der Waals surface area contributed by atoms with Crippen LogP contribution in [0, 0.1) is 0 Å². The first-order valence-electron chi connectivity index (χ1n) is 6.81. The molecule has 0 aliphatic carbocycles. The minimum Gasteiger partial charge on any atom is -0.480 e. The third-order valence-corrected chi connectivity index (χ3v) is 2.78. The number of carboxylic acid groups (broad SMARTS) is 1. The second-order valence-corrected chi connectivity index (χ2v) is 4.92. The van der Waals surface area contributed by atoms with Gasteiger partial charge < -0.3 is 15.3 Å². The van der Waals surface area contributed by atoms with Crippen molar-refractivity contribution in [2.75, 3.05) is 18.0 Å². The summed E-state index contributed by atoms with van der Waals surface area (Å²) in [4.78, 5) is 24.4. The van der Waals surface area contributed by atoms with Crippen molar-refractivity contribution in [1.82, 2.24) is 5.32 Å². The lowest BCUT2D eigenvalue weighted by atomic mass is 10.2. The van der Waals surface area contributed by atoms with Gasteiger partial charge in [-0.15, -0.1) is 0 Å². The number of benzene rings is 1. The van der Waals surface area contributed by atoms with Crippen LogP contribution >= 0.6 is 0 Å². The predicted molar refractivity (Wildman–Crippen MR) is 78.8 cm³/mol. The molecule has 1 rings (SSSR count). The summed E-state index contributed by atoms with van der Waals surface area (Å²) in [6.45, 7) is 4.53. The van der Waals surface area contributed by atoms with Gasteiger partial charge in [0.25, 0.3) is 0 Å². The number of aliphatic carboxylic acids is 1. The second kappa shape index (κ2) is 8.32. The maximum Gasteiger partial charge on any atom is 0.323 e. The van der Waals surface area contributed by atoms with E-state index in [2.05, 4.69) is 5.32 Å². The Balaban J connectivity index is 2.59. The molecule has 0 saturated carbocycles. The Morgan fingerprint density at radius 3 is 2.45 bits per heavy atom. The van der Waals surface area contributed by atoms with Crippen molar-refractivity contribution in [3.8, 4) is 0 Å². The summed E-state index contributed by atoms with van der Waals surface area (Å²) in [5.74, 6) is -1.17. The van der Waals surface area contributed by atoms with E-state index < -0.39 is 5.97 Å². The first-order chi connectivity index (χ1) is 9.50. The molecule has 0 radical (unpaired) electrons. The highest BCUT2D eigenvalue weighted by molar-refractivity contribution is 5.97. The van der Waals surface area contributed by atoms with Gasteiger partial charge in [-0.2, -0.15) is 0 Å². The normalized spacial score (nSPS) is 10.6. The van der Waals surface area contributed by atoms with Crippen LogP contribution in [0.1, 0.15) is 26.7 Å². The fourth-order valence-electron chi connectivity index (χ4n) is 1.83. The highest BCUT2D eigenvalue weighted by atomic mass is 16.4. The minimum absolute atomic E-state index is 0.163. The van der Waals surface area contributed by atoms with E-state index in [0.717, 1.165) is 6.54 Å². The molecule has 0 saturated heterocycles. The number of anilines is 1. The lowest BCUT2D eigenvalue weighted by molar-refractivity contribution is -0.136. The van der Waals surface area contributed by atoms with Gasteiger partial charge >= 0.3 is 5.97 Å². The van der Waals surface area contributed by atoms with Crippen molar-refractivity contribution in [2.45, 2.75) is 32.7 Å². The molecule has 1 amide bonds. The van der Waals surface area contributed by atoms with Gasteiger partial charge in [-0.25, -0.2) is 0 Å². The van der Waals surface area contributed by atoms with E-state index in [1.54, 1.807) is 24.3 Å². The van der Waals surface area contributed by atoms with E-state index in [0.29, 0.717) is 24.6 Å². The lowest BCUT2D eigenvalue weighted by Crippen LogP contribution is -2.36. The van der Waals surface area contributed by atoms with Gasteiger partial charge in [0.15, 0.2) is 0 Å². The number of nitrogens with zero attached hydrogens (tertiary/aromatic N) is 1. The zero-order valence-corrected chi connectivity index (χ0v) is 12.0. The van der Waals surface area contributed by atoms with Crippen LogP contribution in [0.4, 0.5) is 5.69 Å². The zero-order chi connectivity index (χ0) is 15.0. The molecule has 0 heterocycles. The van der Waals surface area contributed by atoms with E-state index in [1.807, 2.05) is 19.9 Å². The van der Waals surface area contributed by atoms with Gasteiger partial charge in [-0.05, 0) is 25.1 Å². The molecular weight excluding hydrogens is 256 g/mol. The van der Waals surface area contributed by atoms with Gasteiger partial charge in [0.05, 0.1) is 0 Å². The topological polar surface area (TPSA) is 69.6 Å². The first kappa shape index (κ1) is 16.2. The first-order valence-corrected chi connectivity index (χ1v) is 6.81. The molecule has 2 N–H and O–H groups in total. The molecule has 1 aromatic rings. The SMILES string of the molecule is CC(C)NCCCC(=O)N(CC(=O)O)c1ccccc1. The smallest absolute Gasteiger partial charge is 0.323 e. The van der Waals surface area contributed by atoms with Crippen molar-refractivity contribution < 1.29 is 14.7 Å². The van der Waals surface area contributed by atoms with Gasteiger partial charge in [0.1, 0.15) is 6.54 Å². The molecule has 0 aliphatic heterocycles. The van der Waals surface area contributed by atoms with E-state index in [-0.39, 0.29) is 12.5 Å². The zero-order valence-electron chi connectivity index (χ0n) is 12.0. The lowest BCUT2D eigenvalue weighted by Gasteiger charge is -2.21. The molecule has 1 aromatic carbocycles. The van der Waals surface area contributed by atoms with Crippen molar-refractivity contribution >= 4 is 17.6 Å². The molecule has 0 bridgehead atoms. The molecule has 5 nitrogen and oxygen atoms in total. The number of hydrogen-bond acceptors (Lipinski definition) is 3. The summed E-state index contributed by atoms with van der Waals surface area (Å²) in [5, 5.41) is 12.2. The number of carbonyl (C=O) groups is 2. The molecular formula is C15H22N2O3. The van der Waals surface area contributed by atoms with Crippen LogP contribution < -0.4 is 10.2 Å². The summed E-state index contributed by atoms with van der Waals surface area (Å²) in [6.07, 6.45) is 1.03.